The Balaban J connectivity index is 1.90. The molecule has 2 aromatic rings. The number of rotatable bonds is 2. The number of alkyl halides is 3. The number of hydrogen-bond acceptors (Lipinski definition) is 3. The van der Waals surface area contributed by atoms with E-state index in [0.717, 1.165) is 11.6 Å². The normalized spacial score (nSPS) is 12.0. The molecule has 0 bridgehead atoms. The Kier molecular flexibility index (Phi) is 3.28. The Bertz CT molecular complexity index is 1100. The Labute approximate surface area is 138 Å². The predicted molar refractivity (Wildman–Crippen MR) is 85.0 cm³/mol. The van der Waals surface area contributed by atoms with Crippen LogP contribution < -0.4 is 10.3 Å². The van der Waals surface area contributed by atoms with E-state index in [1.165, 1.54) is 22.8 Å². The third-order valence-corrected chi connectivity index (χ3v) is 3.70. The highest BCUT2D eigenvalue weighted by Gasteiger charge is 2.31. The average molecular weight is 345 g/mol. The van der Waals surface area contributed by atoms with Gasteiger partial charge >= 0.3 is 6.36 Å². The number of aromatic amines is 1. The second-order valence-electron chi connectivity index (χ2n) is 5.34. The van der Waals surface area contributed by atoms with Crippen molar-refractivity contribution >= 4 is 11.0 Å². The molecule has 0 unspecified atom stereocenters. The summed E-state index contributed by atoms with van der Waals surface area (Å²) in [5.41, 5.74) is 1.26. The van der Waals surface area contributed by atoms with Crippen molar-refractivity contribution in [2.75, 3.05) is 0 Å². The van der Waals surface area contributed by atoms with E-state index in [2.05, 4.69) is 14.7 Å². The Hall–Kier alpha value is -3.29. The van der Waals surface area contributed by atoms with Crippen molar-refractivity contribution in [1.29, 1.82) is 0 Å². The van der Waals surface area contributed by atoms with Crippen molar-refractivity contribution in [3.63, 3.8) is 0 Å². The van der Waals surface area contributed by atoms with Gasteiger partial charge in [0.2, 0.25) is 0 Å². The van der Waals surface area contributed by atoms with Gasteiger partial charge in [0, 0.05) is 11.8 Å². The molecule has 0 atom stereocenters. The number of para-hydroxylation sites is 2. The first-order chi connectivity index (χ1) is 11.9. The SMILES string of the molecule is O=c1c(-c2cccc(OC(F)(F)F)c2)nc2c[nH]c3ccccc3n1-2. The van der Waals surface area contributed by atoms with Crippen molar-refractivity contribution in [2.45, 2.75) is 6.36 Å². The van der Waals surface area contributed by atoms with Crippen LogP contribution in [0.5, 0.6) is 5.75 Å². The summed E-state index contributed by atoms with van der Waals surface area (Å²) in [5, 5.41) is 0. The van der Waals surface area contributed by atoms with Crippen LogP contribution in [-0.4, -0.2) is 20.9 Å². The Morgan fingerprint density at radius 3 is 2.68 bits per heavy atom. The van der Waals surface area contributed by atoms with Gasteiger partial charge in [0.05, 0.1) is 11.0 Å². The molecule has 5 nitrogen and oxygen atoms in total. The van der Waals surface area contributed by atoms with E-state index in [1.807, 2.05) is 12.1 Å². The Morgan fingerprint density at radius 1 is 1.08 bits per heavy atom. The van der Waals surface area contributed by atoms with Crippen molar-refractivity contribution in [2.24, 2.45) is 0 Å². The number of aromatic nitrogens is 3. The van der Waals surface area contributed by atoms with Crippen LogP contribution in [0.2, 0.25) is 0 Å². The predicted octanol–water partition coefficient (Wildman–Crippen LogP) is 3.72. The number of H-pyrrole nitrogens is 1. The molecule has 2 aromatic carbocycles. The first kappa shape index (κ1) is 15.3. The minimum Gasteiger partial charge on any atom is -0.406 e. The van der Waals surface area contributed by atoms with E-state index < -0.39 is 17.7 Å². The molecule has 0 spiro atoms. The maximum Gasteiger partial charge on any atom is 0.573 e. The summed E-state index contributed by atoms with van der Waals surface area (Å²) in [7, 11) is 0. The van der Waals surface area contributed by atoms with Gasteiger partial charge in [0.25, 0.3) is 5.56 Å². The number of benzene rings is 2. The van der Waals surface area contributed by atoms with E-state index in [0.29, 0.717) is 11.3 Å². The second kappa shape index (κ2) is 5.37. The molecule has 126 valence electrons. The van der Waals surface area contributed by atoms with Gasteiger partial charge in [-0.25, -0.2) is 4.98 Å². The first-order valence-electron chi connectivity index (χ1n) is 7.27. The number of nitrogens with zero attached hydrogens (tertiary/aromatic N) is 2. The number of halogens is 3. The van der Waals surface area contributed by atoms with Crippen LogP contribution in [0.3, 0.4) is 0 Å². The van der Waals surface area contributed by atoms with Crippen LogP contribution in [0, 0.1) is 0 Å². The number of imidazole rings is 1. The zero-order valence-electron chi connectivity index (χ0n) is 12.5. The first-order valence-corrected chi connectivity index (χ1v) is 7.27. The lowest BCUT2D eigenvalue weighted by Crippen LogP contribution is -2.17. The summed E-state index contributed by atoms with van der Waals surface area (Å²) in [5.74, 6) is -0.0290. The number of fused-ring (bicyclic) bond motifs is 3. The quantitative estimate of drug-likeness (QED) is 0.602. The van der Waals surface area contributed by atoms with Gasteiger partial charge in [-0.1, -0.05) is 24.3 Å². The molecule has 0 radical (unpaired) electrons. The summed E-state index contributed by atoms with van der Waals surface area (Å²) in [6.45, 7) is 0. The summed E-state index contributed by atoms with van der Waals surface area (Å²) in [6, 6.07) is 12.4. The van der Waals surface area contributed by atoms with Gasteiger partial charge in [-0.3, -0.25) is 9.36 Å². The maximum atomic E-state index is 12.8. The number of ether oxygens (including phenoxy) is 1. The third-order valence-electron chi connectivity index (χ3n) is 3.70. The fourth-order valence-corrected chi connectivity index (χ4v) is 2.71. The van der Waals surface area contributed by atoms with E-state index in [1.54, 1.807) is 18.3 Å². The smallest absolute Gasteiger partial charge is 0.406 e. The van der Waals surface area contributed by atoms with Crippen molar-refractivity contribution < 1.29 is 17.9 Å². The second-order valence-corrected chi connectivity index (χ2v) is 5.34. The molecule has 0 saturated heterocycles. The molecule has 8 heteroatoms. The van der Waals surface area contributed by atoms with Gasteiger partial charge in [-0.15, -0.1) is 13.2 Å². The molecule has 0 fully saturated rings. The highest BCUT2D eigenvalue weighted by molar-refractivity contribution is 5.78. The monoisotopic (exact) mass is 345 g/mol. The molecule has 0 aromatic heterocycles. The van der Waals surface area contributed by atoms with E-state index in [9.17, 15) is 18.0 Å². The van der Waals surface area contributed by atoms with Crippen molar-refractivity contribution in [3.05, 3.63) is 65.1 Å². The van der Waals surface area contributed by atoms with E-state index in [-0.39, 0.29) is 11.3 Å². The van der Waals surface area contributed by atoms with E-state index in [4.69, 9.17) is 0 Å². The van der Waals surface area contributed by atoms with Gasteiger partial charge in [-0.2, -0.15) is 0 Å². The summed E-state index contributed by atoms with van der Waals surface area (Å²) in [6.07, 6.45) is -3.23. The van der Waals surface area contributed by atoms with Crippen LogP contribution in [0.1, 0.15) is 0 Å². The van der Waals surface area contributed by atoms with Crippen LogP contribution in [0.25, 0.3) is 28.1 Å². The molecule has 2 aliphatic heterocycles. The van der Waals surface area contributed by atoms with Gasteiger partial charge in [-0.05, 0) is 24.3 Å². The Morgan fingerprint density at radius 2 is 1.88 bits per heavy atom. The lowest BCUT2D eigenvalue weighted by atomic mass is 10.1. The zero-order chi connectivity index (χ0) is 17.6. The number of hydrogen-bond donors (Lipinski definition) is 1. The topological polar surface area (TPSA) is 59.9 Å². The zero-order valence-corrected chi connectivity index (χ0v) is 12.5. The highest BCUT2D eigenvalue weighted by Crippen LogP contribution is 2.27. The molecular formula is C17H10F3N3O2. The molecular weight excluding hydrogens is 335 g/mol. The lowest BCUT2D eigenvalue weighted by molar-refractivity contribution is -0.274. The fraction of sp³-hybridized carbons (Fsp3) is 0.0588. The van der Waals surface area contributed by atoms with Gasteiger partial charge < -0.3 is 9.72 Å². The van der Waals surface area contributed by atoms with Crippen molar-refractivity contribution in [1.82, 2.24) is 14.5 Å². The highest BCUT2D eigenvalue weighted by atomic mass is 19.4. The molecule has 2 heterocycles. The van der Waals surface area contributed by atoms with Crippen LogP contribution in [-0.2, 0) is 0 Å². The van der Waals surface area contributed by atoms with Crippen LogP contribution in [0.4, 0.5) is 13.2 Å². The van der Waals surface area contributed by atoms with E-state index >= 15 is 0 Å². The molecule has 2 aliphatic rings. The summed E-state index contributed by atoms with van der Waals surface area (Å²) >= 11 is 0. The van der Waals surface area contributed by atoms with Crippen LogP contribution >= 0.6 is 0 Å². The molecule has 4 rings (SSSR count). The lowest BCUT2D eigenvalue weighted by Gasteiger charge is -2.09. The fourth-order valence-electron chi connectivity index (χ4n) is 2.71. The number of nitrogens with one attached hydrogen (secondary N) is 1. The average Bonchev–Trinajstić information content (AvgIpc) is 2.91. The standard InChI is InChI=1S/C17H10F3N3O2/c18-17(19,20)25-11-5-3-4-10(8-11)15-16(24)23-13-7-2-1-6-12(13)21-9-14(23)22-15/h1-9,21H. The minimum atomic E-state index is -4.80. The minimum absolute atomic E-state index is 0.0531. The van der Waals surface area contributed by atoms with Crippen molar-refractivity contribution in [3.8, 4) is 22.8 Å². The summed E-state index contributed by atoms with van der Waals surface area (Å²) in [4.78, 5) is 20.0. The molecule has 0 aliphatic carbocycles. The third kappa shape index (κ3) is 2.71. The summed E-state index contributed by atoms with van der Waals surface area (Å²) < 4.78 is 42.5. The van der Waals surface area contributed by atoms with Gasteiger partial charge in [0.15, 0.2) is 5.82 Å². The largest absolute Gasteiger partial charge is 0.573 e. The molecule has 1 N–H and O–H groups in total. The van der Waals surface area contributed by atoms with Gasteiger partial charge in [0.1, 0.15) is 11.4 Å². The van der Waals surface area contributed by atoms with Crippen LogP contribution in [0.15, 0.2) is 59.5 Å². The maximum absolute atomic E-state index is 12.8. The molecule has 0 saturated carbocycles. The molecule has 25 heavy (non-hydrogen) atoms. The molecule has 0 amide bonds.